The highest BCUT2D eigenvalue weighted by molar-refractivity contribution is 6.48. The van der Waals surface area contributed by atoms with Crippen molar-refractivity contribution in [2.45, 2.75) is 70.1 Å². The van der Waals surface area contributed by atoms with Gasteiger partial charge in [0.1, 0.15) is 6.04 Å². The Balaban J connectivity index is 1.71. The minimum atomic E-state index is -0.855. The lowest BCUT2D eigenvalue weighted by Crippen LogP contribution is -2.56. The predicted molar refractivity (Wildman–Crippen MR) is 137 cm³/mol. The molecule has 0 aromatic heterocycles. The lowest BCUT2D eigenvalue weighted by Gasteiger charge is -2.32. The van der Waals surface area contributed by atoms with Crippen molar-refractivity contribution in [3.05, 3.63) is 71.8 Å². The third-order valence-electron chi connectivity index (χ3n) is 6.74. The number of hydrogen-bond donors (Lipinski definition) is 2. The lowest BCUT2D eigenvalue weighted by atomic mass is 9.75. The Bertz CT molecular complexity index is 952. The molecule has 2 N–H and O–H groups in total. The number of benzene rings is 2. The maximum atomic E-state index is 13.3. The number of ether oxygens (including phenoxy) is 1. The molecule has 0 bridgehead atoms. The molecule has 1 aliphatic heterocycles. The van der Waals surface area contributed by atoms with Gasteiger partial charge in [0.25, 0.3) is 5.91 Å². The molecular formula is C27H37BN2O5. The number of methoxy groups -OCH3 is 1. The Kier molecular flexibility index (Phi) is 9.11. The monoisotopic (exact) mass is 480 g/mol. The van der Waals surface area contributed by atoms with Crippen LogP contribution in [0.2, 0.25) is 0 Å². The van der Waals surface area contributed by atoms with E-state index < -0.39 is 24.4 Å². The molecule has 7 nitrogen and oxygen atoms in total. The van der Waals surface area contributed by atoms with Gasteiger partial charge in [0.15, 0.2) is 0 Å². The summed E-state index contributed by atoms with van der Waals surface area (Å²) < 4.78 is 17.8. The molecule has 3 rings (SSSR count). The molecule has 2 aromatic rings. The standard InChI is InChI=1S/C27H37BN2O5/c1-26(2)27(3,4)35-28(34-26)23(18-12-15-20-13-8-6-9-14-20)30-25(32)22(19-33-5)29-24(31)21-16-10-7-11-17-21/h6-11,13-14,16-17,22-23H,12,15,18-19H2,1-5H3,(H,29,31)(H,30,32)/t22-,23+/m1/s1. The number of amides is 2. The van der Waals surface area contributed by atoms with Gasteiger partial charge in [-0.1, -0.05) is 48.5 Å². The summed E-state index contributed by atoms with van der Waals surface area (Å²) in [5.74, 6) is -1.06. The first-order valence-corrected chi connectivity index (χ1v) is 12.2. The van der Waals surface area contributed by atoms with Gasteiger partial charge in [-0.25, -0.2) is 0 Å². The molecule has 0 spiro atoms. The van der Waals surface area contributed by atoms with Crippen LogP contribution in [0.1, 0.15) is 56.5 Å². The van der Waals surface area contributed by atoms with Gasteiger partial charge in [-0.05, 0) is 64.7 Å². The van der Waals surface area contributed by atoms with Crippen molar-refractivity contribution in [2.75, 3.05) is 13.7 Å². The van der Waals surface area contributed by atoms with Crippen molar-refractivity contribution in [1.82, 2.24) is 10.6 Å². The number of carbonyl (C=O) groups is 2. The fourth-order valence-electron chi connectivity index (χ4n) is 3.96. The molecule has 0 radical (unpaired) electrons. The largest absolute Gasteiger partial charge is 0.481 e. The summed E-state index contributed by atoms with van der Waals surface area (Å²) in [7, 11) is 0.897. The molecule has 2 amide bonds. The van der Waals surface area contributed by atoms with Crippen LogP contribution in [0.15, 0.2) is 60.7 Å². The molecule has 2 aromatic carbocycles. The van der Waals surface area contributed by atoms with E-state index in [1.807, 2.05) is 52.0 Å². The molecule has 0 saturated carbocycles. The average molecular weight is 480 g/mol. The molecule has 1 fully saturated rings. The van der Waals surface area contributed by atoms with Crippen molar-refractivity contribution >= 4 is 18.9 Å². The van der Waals surface area contributed by atoms with Crippen LogP contribution >= 0.6 is 0 Å². The van der Waals surface area contributed by atoms with E-state index in [9.17, 15) is 9.59 Å². The zero-order chi connectivity index (χ0) is 25.5. The minimum Gasteiger partial charge on any atom is -0.402 e. The van der Waals surface area contributed by atoms with Gasteiger partial charge in [0.2, 0.25) is 5.91 Å². The van der Waals surface area contributed by atoms with Gasteiger partial charge < -0.3 is 24.7 Å². The first kappa shape index (κ1) is 26.9. The van der Waals surface area contributed by atoms with Gasteiger partial charge >= 0.3 is 7.12 Å². The van der Waals surface area contributed by atoms with E-state index in [1.165, 1.54) is 12.7 Å². The van der Waals surface area contributed by atoms with Gasteiger partial charge in [-0.2, -0.15) is 0 Å². The van der Waals surface area contributed by atoms with Crippen molar-refractivity contribution < 1.29 is 23.6 Å². The average Bonchev–Trinajstić information content (AvgIpc) is 3.05. The third kappa shape index (κ3) is 7.16. The van der Waals surface area contributed by atoms with Crippen LogP contribution in [-0.2, 0) is 25.3 Å². The van der Waals surface area contributed by atoms with E-state index in [4.69, 9.17) is 14.0 Å². The number of carbonyl (C=O) groups excluding carboxylic acids is 2. The Morgan fingerprint density at radius 1 is 0.914 bits per heavy atom. The second kappa shape index (κ2) is 11.8. The second-order valence-electron chi connectivity index (χ2n) is 9.97. The van der Waals surface area contributed by atoms with Gasteiger partial charge in [0, 0.05) is 12.7 Å². The van der Waals surface area contributed by atoms with Crippen molar-refractivity contribution in [2.24, 2.45) is 0 Å². The summed E-state index contributed by atoms with van der Waals surface area (Å²) in [4.78, 5) is 26.0. The zero-order valence-corrected chi connectivity index (χ0v) is 21.4. The summed E-state index contributed by atoms with van der Waals surface area (Å²) in [6, 6.07) is 18.2. The highest BCUT2D eigenvalue weighted by Crippen LogP contribution is 2.38. The fourth-order valence-corrected chi connectivity index (χ4v) is 3.96. The highest BCUT2D eigenvalue weighted by Gasteiger charge is 2.54. The summed E-state index contributed by atoms with van der Waals surface area (Å²) in [5.41, 5.74) is 0.673. The van der Waals surface area contributed by atoms with E-state index in [0.717, 1.165) is 12.8 Å². The molecule has 0 aliphatic carbocycles. The van der Waals surface area contributed by atoms with E-state index in [0.29, 0.717) is 12.0 Å². The van der Waals surface area contributed by atoms with Crippen LogP contribution in [0.3, 0.4) is 0 Å². The second-order valence-corrected chi connectivity index (χ2v) is 9.97. The maximum Gasteiger partial charge on any atom is 0.481 e. The van der Waals surface area contributed by atoms with Crippen LogP contribution in [-0.4, -0.2) is 55.8 Å². The molecule has 35 heavy (non-hydrogen) atoms. The molecule has 1 heterocycles. The summed E-state index contributed by atoms with van der Waals surface area (Å²) in [6.07, 6.45) is 2.37. The first-order valence-electron chi connectivity index (χ1n) is 12.2. The topological polar surface area (TPSA) is 85.9 Å². The Labute approximate surface area is 209 Å². The smallest absolute Gasteiger partial charge is 0.402 e. The summed E-state index contributed by atoms with van der Waals surface area (Å²) in [5, 5.41) is 5.87. The normalized spacial score (nSPS) is 18.0. The van der Waals surface area contributed by atoms with Crippen molar-refractivity contribution in [1.29, 1.82) is 0 Å². The molecule has 2 atom stereocenters. The Morgan fingerprint density at radius 3 is 2.06 bits per heavy atom. The third-order valence-corrected chi connectivity index (χ3v) is 6.74. The van der Waals surface area contributed by atoms with Gasteiger partial charge in [0.05, 0.1) is 23.8 Å². The van der Waals surface area contributed by atoms with Gasteiger partial charge in [-0.3, -0.25) is 9.59 Å². The molecule has 188 valence electrons. The predicted octanol–water partition coefficient (Wildman–Crippen LogP) is 3.57. The number of rotatable bonds is 11. The zero-order valence-electron chi connectivity index (χ0n) is 21.4. The van der Waals surface area contributed by atoms with E-state index >= 15 is 0 Å². The summed E-state index contributed by atoms with van der Waals surface area (Å²) in [6.45, 7) is 8.01. The highest BCUT2D eigenvalue weighted by atomic mass is 16.7. The van der Waals surface area contributed by atoms with Crippen LogP contribution in [0.25, 0.3) is 0 Å². The number of nitrogens with one attached hydrogen (secondary N) is 2. The van der Waals surface area contributed by atoms with Crippen LogP contribution < -0.4 is 10.6 Å². The van der Waals surface area contributed by atoms with Crippen molar-refractivity contribution in [3.8, 4) is 0 Å². The van der Waals surface area contributed by atoms with Crippen molar-refractivity contribution in [3.63, 3.8) is 0 Å². The van der Waals surface area contributed by atoms with Crippen LogP contribution in [0, 0.1) is 0 Å². The Hall–Kier alpha value is -2.68. The van der Waals surface area contributed by atoms with E-state index in [1.54, 1.807) is 24.3 Å². The molecule has 1 aliphatic rings. The SMILES string of the molecule is COC[C@@H](NC(=O)c1ccccc1)C(=O)N[C@@H](CCCc1ccccc1)B1OC(C)(C)C(C)(C)O1. The maximum absolute atomic E-state index is 13.3. The van der Waals surface area contributed by atoms with Crippen LogP contribution in [0.4, 0.5) is 0 Å². The minimum absolute atomic E-state index is 0.0461. The fraction of sp³-hybridized carbons (Fsp3) is 0.481. The molecule has 0 unspecified atom stereocenters. The lowest BCUT2D eigenvalue weighted by molar-refractivity contribution is -0.124. The molecule has 1 saturated heterocycles. The van der Waals surface area contributed by atoms with E-state index in [2.05, 4.69) is 22.8 Å². The summed E-state index contributed by atoms with van der Waals surface area (Å²) >= 11 is 0. The van der Waals surface area contributed by atoms with Gasteiger partial charge in [-0.15, -0.1) is 0 Å². The van der Waals surface area contributed by atoms with E-state index in [-0.39, 0.29) is 24.4 Å². The number of hydrogen-bond acceptors (Lipinski definition) is 5. The molecule has 8 heteroatoms. The van der Waals surface area contributed by atoms with Crippen LogP contribution in [0.5, 0.6) is 0 Å². The number of aryl methyl sites for hydroxylation is 1. The molecular weight excluding hydrogens is 443 g/mol. The quantitative estimate of drug-likeness (QED) is 0.481. The first-order chi connectivity index (χ1) is 16.6. The Morgan fingerprint density at radius 2 is 1.49 bits per heavy atom.